The minimum absolute atomic E-state index is 0.197. The average Bonchev–Trinajstić information content (AvgIpc) is 2.80. The van der Waals surface area contributed by atoms with Crippen LogP contribution in [0.2, 0.25) is 0 Å². The Morgan fingerprint density at radius 2 is 1.12 bits per heavy atom. The first-order chi connectivity index (χ1) is 11.1. The van der Waals surface area contributed by atoms with Crippen molar-refractivity contribution >= 4 is 0 Å². The van der Waals surface area contributed by atoms with E-state index in [0.717, 1.165) is 0 Å². The maximum atomic E-state index is 2.51. The highest BCUT2D eigenvalue weighted by atomic mass is 14.6. The molecule has 0 saturated carbocycles. The van der Waals surface area contributed by atoms with Crippen LogP contribution in [-0.2, 0) is 16.2 Å². The van der Waals surface area contributed by atoms with Crippen molar-refractivity contribution in [2.75, 3.05) is 0 Å². The van der Waals surface area contributed by atoms with Crippen LogP contribution in [0.25, 0.3) is 0 Å². The summed E-state index contributed by atoms with van der Waals surface area (Å²) >= 11 is 0. The molecule has 0 heteroatoms. The molecule has 0 aromatic heterocycles. The highest BCUT2D eigenvalue weighted by Gasteiger charge is 2.56. The second-order valence-corrected chi connectivity index (χ2v) is 9.73. The van der Waals surface area contributed by atoms with E-state index in [4.69, 9.17) is 0 Å². The molecule has 24 heavy (non-hydrogen) atoms. The predicted molar refractivity (Wildman–Crippen MR) is 103 cm³/mol. The van der Waals surface area contributed by atoms with Gasteiger partial charge in [-0.3, -0.25) is 0 Å². The second kappa shape index (κ2) is 4.54. The molecule has 0 heterocycles. The Hall–Kier alpha value is -1.56. The minimum Gasteiger partial charge on any atom is -0.0590 e. The molecule has 0 amide bonds. The molecular formula is C24H30. The van der Waals surface area contributed by atoms with Crippen molar-refractivity contribution in [1.82, 2.24) is 0 Å². The molecular weight excluding hydrogens is 288 g/mol. The van der Waals surface area contributed by atoms with Crippen molar-refractivity contribution in [1.29, 1.82) is 0 Å². The molecule has 2 aromatic rings. The highest BCUT2D eigenvalue weighted by Crippen LogP contribution is 2.62. The summed E-state index contributed by atoms with van der Waals surface area (Å²) in [6.07, 6.45) is 2.47. The van der Waals surface area contributed by atoms with Gasteiger partial charge in [0, 0.05) is 5.41 Å². The van der Waals surface area contributed by atoms with Crippen LogP contribution in [0, 0.1) is 20.8 Å². The van der Waals surface area contributed by atoms with Crippen LogP contribution in [0.5, 0.6) is 0 Å². The third-order valence-corrected chi connectivity index (χ3v) is 6.79. The van der Waals surface area contributed by atoms with Crippen LogP contribution < -0.4 is 0 Å². The Labute approximate surface area is 147 Å². The van der Waals surface area contributed by atoms with E-state index >= 15 is 0 Å². The maximum Gasteiger partial charge on any atom is 0.0225 e. The normalized spacial score (nSPS) is 25.8. The predicted octanol–water partition coefficient (Wildman–Crippen LogP) is 6.26. The summed E-state index contributed by atoms with van der Waals surface area (Å²) in [5.41, 5.74) is 11.3. The van der Waals surface area contributed by atoms with Gasteiger partial charge in [-0.1, -0.05) is 63.6 Å². The fourth-order valence-corrected chi connectivity index (χ4v) is 5.70. The molecule has 2 aliphatic rings. The van der Waals surface area contributed by atoms with Crippen molar-refractivity contribution < 1.29 is 0 Å². The first kappa shape index (κ1) is 15.9. The Morgan fingerprint density at radius 1 is 0.625 bits per heavy atom. The number of hydrogen-bond donors (Lipinski definition) is 0. The first-order valence-corrected chi connectivity index (χ1v) is 9.31. The van der Waals surface area contributed by atoms with Gasteiger partial charge in [-0.25, -0.2) is 0 Å². The number of fused-ring (bicyclic) bond motifs is 4. The summed E-state index contributed by atoms with van der Waals surface area (Å²) in [6, 6.07) is 12.1. The lowest BCUT2D eigenvalue weighted by molar-refractivity contribution is 0.349. The lowest BCUT2D eigenvalue weighted by Gasteiger charge is -2.31. The van der Waals surface area contributed by atoms with Gasteiger partial charge in [0.15, 0.2) is 0 Å². The topological polar surface area (TPSA) is 0 Å². The van der Waals surface area contributed by atoms with Crippen LogP contribution in [0.15, 0.2) is 30.3 Å². The zero-order valence-electron chi connectivity index (χ0n) is 16.3. The van der Waals surface area contributed by atoms with E-state index in [1.165, 1.54) is 29.5 Å². The van der Waals surface area contributed by atoms with E-state index in [0.29, 0.717) is 0 Å². The van der Waals surface area contributed by atoms with E-state index in [1.54, 1.807) is 22.3 Å². The van der Waals surface area contributed by atoms with Gasteiger partial charge in [0.2, 0.25) is 0 Å². The van der Waals surface area contributed by atoms with Gasteiger partial charge in [-0.05, 0) is 77.8 Å². The zero-order valence-corrected chi connectivity index (χ0v) is 16.3. The maximum absolute atomic E-state index is 2.51. The molecule has 0 saturated heterocycles. The number of aryl methyl sites for hydroxylation is 3. The summed E-state index contributed by atoms with van der Waals surface area (Å²) in [4.78, 5) is 0. The Balaban J connectivity index is 2.06. The Kier molecular flexibility index (Phi) is 3.01. The van der Waals surface area contributed by atoms with Crippen LogP contribution in [0.3, 0.4) is 0 Å². The number of rotatable bonds is 0. The molecule has 0 fully saturated rings. The van der Waals surface area contributed by atoms with Crippen molar-refractivity contribution in [2.24, 2.45) is 0 Å². The quantitative estimate of drug-likeness (QED) is 0.537. The largest absolute Gasteiger partial charge is 0.0590 e. The Bertz CT molecular complexity index is 851. The van der Waals surface area contributed by atoms with E-state index in [-0.39, 0.29) is 16.2 Å². The summed E-state index contributed by atoms with van der Waals surface area (Å²) in [6.45, 7) is 16.5. The molecule has 0 aliphatic heterocycles. The van der Waals surface area contributed by atoms with Crippen LogP contribution in [0.1, 0.15) is 79.5 Å². The Morgan fingerprint density at radius 3 is 1.75 bits per heavy atom. The van der Waals surface area contributed by atoms with E-state index in [1.807, 2.05) is 0 Å². The first-order valence-electron chi connectivity index (χ1n) is 9.31. The lowest BCUT2D eigenvalue weighted by atomic mass is 9.72. The van der Waals surface area contributed by atoms with Crippen molar-refractivity contribution in [3.63, 3.8) is 0 Å². The fraction of sp³-hybridized carbons (Fsp3) is 0.500. The molecule has 1 unspecified atom stereocenters. The average molecular weight is 319 g/mol. The van der Waals surface area contributed by atoms with E-state index in [9.17, 15) is 0 Å². The van der Waals surface area contributed by atoms with Gasteiger partial charge in [0.1, 0.15) is 0 Å². The third-order valence-electron chi connectivity index (χ3n) is 6.79. The number of hydrogen-bond acceptors (Lipinski definition) is 0. The minimum atomic E-state index is 0.197. The molecule has 0 nitrogen and oxygen atoms in total. The second-order valence-electron chi connectivity index (χ2n) is 9.73. The van der Waals surface area contributed by atoms with E-state index < -0.39 is 0 Å². The molecule has 126 valence electrons. The molecule has 2 aromatic carbocycles. The van der Waals surface area contributed by atoms with Crippen molar-refractivity contribution in [2.45, 2.75) is 77.6 Å². The number of benzene rings is 2. The molecule has 2 aliphatic carbocycles. The van der Waals surface area contributed by atoms with Gasteiger partial charge < -0.3 is 0 Å². The smallest absolute Gasteiger partial charge is 0.0225 e. The van der Waals surface area contributed by atoms with Crippen LogP contribution in [0.4, 0.5) is 0 Å². The molecule has 0 bridgehead atoms. The van der Waals surface area contributed by atoms with Gasteiger partial charge >= 0.3 is 0 Å². The fourth-order valence-electron chi connectivity index (χ4n) is 5.70. The van der Waals surface area contributed by atoms with Gasteiger partial charge in [0.25, 0.3) is 0 Å². The SMILES string of the molecule is Cc1ccc2c(c1)C1(CC2(C)C)CC(C)(C)c2cc(C)c(C)cc21. The molecule has 0 radical (unpaired) electrons. The lowest BCUT2D eigenvalue weighted by Crippen LogP contribution is -2.27. The monoisotopic (exact) mass is 318 g/mol. The van der Waals surface area contributed by atoms with Crippen LogP contribution >= 0.6 is 0 Å². The van der Waals surface area contributed by atoms with Crippen molar-refractivity contribution in [3.05, 3.63) is 69.3 Å². The molecule has 1 spiro atoms. The summed E-state index contributed by atoms with van der Waals surface area (Å²) < 4.78 is 0. The van der Waals surface area contributed by atoms with Crippen molar-refractivity contribution in [3.8, 4) is 0 Å². The standard InChI is InChI=1S/C24H30/c1-15-8-9-18-20(10-15)24(13-22(18,4)5)14-23(6,7)19-11-16(2)17(3)12-21(19)24/h8-12H,13-14H2,1-7H3. The van der Waals surface area contributed by atoms with Crippen LogP contribution in [-0.4, -0.2) is 0 Å². The highest BCUT2D eigenvalue weighted by molar-refractivity contribution is 5.61. The zero-order chi connectivity index (χ0) is 17.5. The molecule has 4 rings (SSSR count). The molecule has 1 atom stereocenters. The van der Waals surface area contributed by atoms with Gasteiger partial charge in [-0.2, -0.15) is 0 Å². The summed E-state index contributed by atoms with van der Waals surface area (Å²) in [5, 5.41) is 0. The summed E-state index contributed by atoms with van der Waals surface area (Å²) in [5.74, 6) is 0. The third kappa shape index (κ3) is 1.92. The molecule has 0 N–H and O–H groups in total. The van der Waals surface area contributed by atoms with Gasteiger partial charge in [-0.15, -0.1) is 0 Å². The van der Waals surface area contributed by atoms with Gasteiger partial charge in [0.05, 0.1) is 0 Å². The summed E-state index contributed by atoms with van der Waals surface area (Å²) in [7, 11) is 0. The van der Waals surface area contributed by atoms with E-state index in [2.05, 4.69) is 78.8 Å².